The number of methoxy groups -OCH3 is 1. The molecule has 0 fully saturated rings. The Morgan fingerprint density at radius 2 is 2.30 bits per heavy atom. The molecule has 0 heterocycles. The lowest BCUT2D eigenvalue weighted by Gasteiger charge is -2.09. The normalized spacial score (nSPS) is 12.7. The van der Waals surface area contributed by atoms with Crippen LogP contribution < -0.4 is 0 Å². The van der Waals surface area contributed by atoms with Gasteiger partial charge in [0, 0.05) is 7.11 Å². The molecule has 0 radical (unpaired) electrons. The van der Waals surface area contributed by atoms with Crippen LogP contribution in [0, 0.1) is 0 Å². The van der Waals surface area contributed by atoms with Gasteiger partial charge in [0.1, 0.15) is 12.0 Å². The molecule has 0 bridgehead atoms. The summed E-state index contributed by atoms with van der Waals surface area (Å²) in [4.78, 5) is 10.5. The number of halogens is 1. The van der Waals surface area contributed by atoms with E-state index >= 15 is 0 Å². The highest BCUT2D eigenvalue weighted by Crippen LogP contribution is 1.92. The number of rotatable bonds is 4. The van der Waals surface area contributed by atoms with E-state index in [4.69, 9.17) is 21.1 Å². The summed E-state index contributed by atoms with van der Waals surface area (Å²) in [6.45, 7) is 2.15. The van der Waals surface area contributed by atoms with Crippen molar-refractivity contribution >= 4 is 17.6 Å². The lowest BCUT2D eigenvalue weighted by molar-refractivity contribution is -0.147. The van der Waals surface area contributed by atoms with Crippen molar-refractivity contribution in [1.82, 2.24) is 0 Å². The number of hydrogen-bond donors (Lipinski definition) is 0. The molecule has 0 aromatic heterocycles. The summed E-state index contributed by atoms with van der Waals surface area (Å²) in [6.07, 6.45) is -0.212. The van der Waals surface area contributed by atoms with E-state index in [0.717, 1.165) is 0 Å². The highest BCUT2D eigenvalue weighted by Gasteiger charge is 2.06. The second-order valence-corrected chi connectivity index (χ2v) is 2.16. The predicted molar refractivity (Wildman–Crippen MR) is 38.2 cm³/mol. The summed E-state index contributed by atoms with van der Waals surface area (Å²) < 4.78 is 9.47. The number of ether oxygens (including phenoxy) is 2. The first-order chi connectivity index (χ1) is 4.70. The molecular formula is C6H11ClO3. The van der Waals surface area contributed by atoms with E-state index in [2.05, 4.69) is 0 Å². The maximum Gasteiger partial charge on any atom is 0.321 e. The molecule has 3 nitrogen and oxygen atoms in total. The Hall–Kier alpha value is -0.280. The zero-order valence-corrected chi connectivity index (χ0v) is 6.85. The molecule has 0 aliphatic rings. The minimum Gasteiger partial charge on any atom is -0.459 e. The van der Waals surface area contributed by atoms with E-state index in [1.165, 1.54) is 0 Å². The van der Waals surface area contributed by atoms with E-state index in [1.54, 1.807) is 14.0 Å². The predicted octanol–water partition coefficient (Wildman–Crippen LogP) is 0.803. The largest absolute Gasteiger partial charge is 0.459 e. The maximum atomic E-state index is 10.5. The molecule has 0 aliphatic heterocycles. The Labute approximate surface area is 65.3 Å². The van der Waals surface area contributed by atoms with Crippen molar-refractivity contribution < 1.29 is 14.3 Å². The van der Waals surface area contributed by atoms with E-state index in [1.807, 2.05) is 0 Å². The second kappa shape index (κ2) is 5.50. The number of hydrogen-bond acceptors (Lipinski definition) is 3. The molecule has 0 aromatic carbocycles. The Kier molecular flexibility index (Phi) is 5.35. The monoisotopic (exact) mass is 166 g/mol. The smallest absolute Gasteiger partial charge is 0.321 e. The van der Waals surface area contributed by atoms with Crippen molar-refractivity contribution in [1.29, 1.82) is 0 Å². The van der Waals surface area contributed by atoms with Crippen LogP contribution >= 0.6 is 11.6 Å². The van der Waals surface area contributed by atoms with Crippen LogP contribution in [-0.2, 0) is 14.3 Å². The molecule has 4 heteroatoms. The molecule has 1 unspecified atom stereocenters. The van der Waals surface area contributed by atoms with E-state index < -0.39 is 5.97 Å². The Morgan fingerprint density at radius 3 is 2.70 bits per heavy atom. The van der Waals surface area contributed by atoms with Crippen LogP contribution in [0.1, 0.15) is 6.92 Å². The lowest BCUT2D eigenvalue weighted by Crippen LogP contribution is -2.20. The Morgan fingerprint density at radius 1 is 1.70 bits per heavy atom. The number of esters is 1. The van der Waals surface area contributed by atoms with Gasteiger partial charge in [0.25, 0.3) is 0 Å². The summed E-state index contributed by atoms with van der Waals surface area (Å²) in [6, 6.07) is 0. The van der Waals surface area contributed by atoms with Gasteiger partial charge < -0.3 is 9.47 Å². The average molecular weight is 167 g/mol. The molecule has 60 valence electrons. The second-order valence-electron chi connectivity index (χ2n) is 1.89. The van der Waals surface area contributed by atoms with Crippen molar-refractivity contribution in [2.45, 2.75) is 13.0 Å². The number of carbonyl (C=O) groups excluding carboxylic acids is 1. The van der Waals surface area contributed by atoms with E-state index in [9.17, 15) is 4.79 Å². The van der Waals surface area contributed by atoms with Crippen molar-refractivity contribution in [3.63, 3.8) is 0 Å². The summed E-state index contributed by atoms with van der Waals surface area (Å²) >= 11 is 5.18. The van der Waals surface area contributed by atoms with Crippen molar-refractivity contribution in [2.75, 3.05) is 19.6 Å². The zero-order valence-electron chi connectivity index (χ0n) is 6.09. The fraction of sp³-hybridized carbons (Fsp3) is 0.833. The van der Waals surface area contributed by atoms with E-state index in [0.29, 0.717) is 6.61 Å². The third kappa shape index (κ3) is 4.58. The Balaban J connectivity index is 3.37. The molecule has 0 amide bonds. The van der Waals surface area contributed by atoms with Crippen LogP contribution in [0.2, 0.25) is 0 Å². The first-order valence-electron chi connectivity index (χ1n) is 2.95. The topological polar surface area (TPSA) is 35.5 Å². The maximum absolute atomic E-state index is 10.5. The molecule has 0 aromatic rings. The first-order valence-corrected chi connectivity index (χ1v) is 3.48. The summed E-state index contributed by atoms with van der Waals surface area (Å²) in [5, 5.41) is 0. The van der Waals surface area contributed by atoms with Gasteiger partial charge in [0.15, 0.2) is 0 Å². The molecule has 0 rings (SSSR count). The van der Waals surface area contributed by atoms with Crippen molar-refractivity contribution in [2.24, 2.45) is 0 Å². The van der Waals surface area contributed by atoms with Gasteiger partial charge in [0.05, 0.1) is 6.61 Å². The van der Waals surface area contributed by atoms with Gasteiger partial charge >= 0.3 is 5.97 Å². The average Bonchev–Trinajstić information content (AvgIpc) is 1.88. The number of alkyl halides is 1. The quantitative estimate of drug-likeness (QED) is 0.458. The van der Waals surface area contributed by atoms with Crippen LogP contribution in [0.5, 0.6) is 0 Å². The molecule has 10 heavy (non-hydrogen) atoms. The van der Waals surface area contributed by atoms with E-state index in [-0.39, 0.29) is 12.0 Å². The highest BCUT2D eigenvalue weighted by molar-refractivity contribution is 6.26. The highest BCUT2D eigenvalue weighted by atomic mass is 35.5. The van der Waals surface area contributed by atoms with Gasteiger partial charge in [-0.3, -0.25) is 4.79 Å². The van der Waals surface area contributed by atoms with Gasteiger partial charge in [-0.05, 0) is 6.92 Å². The molecule has 0 aliphatic carbocycles. The molecular weight excluding hydrogens is 156 g/mol. The minimum atomic E-state index is -0.411. The van der Waals surface area contributed by atoms with Crippen molar-refractivity contribution in [3.05, 3.63) is 0 Å². The van der Waals surface area contributed by atoms with Crippen LogP contribution in [0.25, 0.3) is 0 Å². The molecule has 0 N–H and O–H groups in total. The molecule has 1 atom stereocenters. The van der Waals surface area contributed by atoms with Gasteiger partial charge in [-0.1, -0.05) is 0 Å². The van der Waals surface area contributed by atoms with Crippen LogP contribution in [0.15, 0.2) is 0 Å². The minimum absolute atomic E-state index is 0.103. The van der Waals surface area contributed by atoms with Crippen LogP contribution in [-0.4, -0.2) is 31.7 Å². The fourth-order valence-corrected chi connectivity index (χ4v) is 0.588. The molecule has 0 saturated carbocycles. The van der Waals surface area contributed by atoms with Gasteiger partial charge in [0.2, 0.25) is 0 Å². The summed E-state index contributed by atoms with van der Waals surface area (Å²) in [5.74, 6) is -0.514. The lowest BCUT2D eigenvalue weighted by atomic mass is 10.4. The SMILES string of the molecule is COCC(C)OC(=O)CCl. The summed E-state index contributed by atoms with van der Waals surface area (Å²) in [7, 11) is 1.55. The van der Waals surface area contributed by atoms with Gasteiger partial charge in [-0.25, -0.2) is 0 Å². The fourth-order valence-electron chi connectivity index (χ4n) is 0.525. The molecule has 0 saturated heterocycles. The zero-order chi connectivity index (χ0) is 7.98. The molecule has 0 spiro atoms. The first kappa shape index (κ1) is 9.72. The van der Waals surface area contributed by atoms with Crippen LogP contribution in [0.3, 0.4) is 0 Å². The third-order valence-electron chi connectivity index (χ3n) is 0.843. The Bertz CT molecular complexity index is 105. The van der Waals surface area contributed by atoms with Gasteiger partial charge in [-0.2, -0.15) is 0 Å². The number of carbonyl (C=O) groups is 1. The van der Waals surface area contributed by atoms with Gasteiger partial charge in [-0.15, -0.1) is 11.6 Å². The summed E-state index contributed by atoms with van der Waals surface area (Å²) in [5.41, 5.74) is 0. The van der Waals surface area contributed by atoms with Crippen LogP contribution in [0.4, 0.5) is 0 Å². The van der Waals surface area contributed by atoms with Crippen molar-refractivity contribution in [3.8, 4) is 0 Å². The third-order valence-corrected chi connectivity index (χ3v) is 1.06. The standard InChI is InChI=1S/C6H11ClO3/c1-5(4-9-2)10-6(8)3-7/h5H,3-4H2,1-2H3.